The Balaban J connectivity index is 2.28. The largest absolute Gasteiger partial charge is 0.427 e. The first-order valence-corrected chi connectivity index (χ1v) is 7.65. The number of hydrogen-bond acceptors (Lipinski definition) is 6. The number of esters is 2. The fourth-order valence-electron chi connectivity index (χ4n) is 1.49. The highest BCUT2D eigenvalue weighted by Gasteiger charge is 2.37. The normalized spacial score (nSPS) is 18.0. The third-order valence-electron chi connectivity index (χ3n) is 2.75. The molecule has 21 heavy (non-hydrogen) atoms. The van der Waals surface area contributed by atoms with Gasteiger partial charge in [0.2, 0.25) is 12.7 Å². The Morgan fingerprint density at radius 2 is 2.10 bits per heavy atom. The number of rotatable bonds is 7. The van der Waals surface area contributed by atoms with Gasteiger partial charge in [0.05, 0.1) is 17.2 Å². The van der Waals surface area contributed by atoms with Crippen LogP contribution in [0.3, 0.4) is 0 Å². The lowest BCUT2D eigenvalue weighted by molar-refractivity contribution is -0.175. The Labute approximate surface area is 128 Å². The van der Waals surface area contributed by atoms with E-state index in [-0.39, 0.29) is 17.8 Å². The Bertz CT molecular complexity index is 430. The fourth-order valence-corrected chi connectivity index (χ4v) is 2.48. The van der Waals surface area contributed by atoms with Crippen molar-refractivity contribution in [3.63, 3.8) is 0 Å². The second kappa shape index (κ2) is 7.49. The minimum absolute atomic E-state index is 0.0137. The van der Waals surface area contributed by atoms with E-state index in [9.17, 15) is 14.4 Å². The van der Waals surface area contributed by atoms with Gasteiger partial charge in [0, 0.05) is 5.75 Å². The third kappa shape index (κ3) is 5.41. The molecule has 0 aromatic carbocycles. The van der Waals surface area contributed by atoms with Crippen molar-refractivity contribution in [1.82, 2.24) is 4.90 Å². The number of carbonyl (C=O) groups excluding carboxylic acids is 3. The van der Waals surface area contributed by atoms with E-state index in [0.29, 0.717) is 12.2 Å². The Kier molecular flexibility index (Phi) is 6.26. The molecule has 6 nitrogen and oxygen atoms in total. The predicted molar refractivity (Wildman–Crippen MR) is 79.3 cm³/mol. The van der Waals surface area contributed by atoms with Gasteiger partial charge in [-0.25, -0.2) is 0 Å². The summed E-state index contributed by atoms with van der Waals surface area (Å²) in [6, 6.07) is 0. The van der Waals surface area contributed by atoms with Crippen LogP contribution in [-0.4, -0.2) is 47.2 Å². The van der Waals surface area contributed by atoms with Gasteiger partial charge in [-0.3, -0.25) is 14.4 Å². The molecule has 0 saturated carbocycles. The molecule has 0 spiro atoms. The number of likely N-dealkylation sites (tertiary alicyclic amines) is 1. The summed E-state index contributed by atoms with van der Waals surface area (Å²) >= 11 is 1.54. The van der Waals surface area contributed by atoms with Crippen LogP contribution in [-0.2, 0) is 23.9 Å². The molecule has 7 heteroatoms. The molecule has 1 rings (SSSR count). The maximum atomic E-state index is 11.6. The number of ether oxygens (including phenoxy) is 2. The van der Waals surface area contributed by atoms with Gasteiger partial charge >= 0.3 is 11.9 Å². The number of β-lactam (4-membered cyclic amide) rings is 1. The first-order valence-electron chi connectivity index (χ1n) is 6.60. The smallest absolute Gasteiger partial charge is 0.328 e. The minimum atomic E-state index is -0.647. The Morgan fingerprint density at radius 3 is 2.62 bits per heavy atom. The van der Waals surface area contributed by atoms with Crippen LogP contribution in [0.5, 0.6) is 0 Å². The summed E-state index contributed by atoms with van der Waals surface area (Å²) in [7, 11) is 0. The average molecular weight is 315 g/mol. The van der Waals surface area contributed by atoms with Gasteiger partial charge in [-0.15, -0.1) is 18.3 Å². The molecule has 0 aromatic rings. The van der Waals surface area contributed by atoms with Crippen LogP contribution in [0.15, 0.2) is 12.7 Å². The zero-order chi connectivity index (χ0) is 16.0. The highest BCUT2D eigenvalue weighted by molar-refractivity contribution is 8.00. The minimum Gasteiger partial charge on any atom is -0.427 e. The summed E-state index contributed by atoms with van der Waals surface area (Å²) < 4.78 is 9.64. The van der Waals surface area contributed by atoms with E-state index in [1.165, 1.54) is 4.90 Å². The second-order valence-electron chi connectivity index (χ2n) is 5.62. The SMILES string of the molecule is C=CCSC1CC(=O)N1CC(=O)OCOC(=O)C(C)(C)C. The Morgan fingerprint density at radius 1 is 1.43 bits per heavy atom. The molecule has 118 valence electrons. The number of amides is 1. The van der Waals surface area contributed by atoms with Crippen molar-refractivity contribution in [3.8, 4) is 0 Å². The van der Waals surface area contributed by atoms with Gasteiger partial charge in [0.15, 0.2) is 0 Å². The molecule has 1 amide bonds. The molecular weight excluding hydrogens is 294 g/mol. The standard InChI is InChI=1S/C14H21NO5S/c1-5-6-21-11-7-10(16)15(11)8-12(17)19-9-20-13(18)14(2,3)4/h5,11H,1,6-9H2,2-4H3. The molecule has 0 radical (unpaired) electrons. The van der Waals surface area contributed by atoms with Crippen LogP contribution in [0, 0.1) is 5.41 Å². The Hall–Kier alpha value is -1.50. The number of nitrogens with zero attached hydrogens (tertiary/aromatic N) is 1. The van der Waals surface area contributed by atoms with Gasteiger partial charge in [-0.1, -0.05) is 6.08 Å². The van der Waals surface area contributed by atoms with Gasteiger partial charge in [0.1, 0.15) is 6.54 Å². The van der Waals surface area contributed by atoms with Crippen molar-refractivity contribution in [3.05, 3.63) is 12.7 Å². The molecule has 1 atom stereocenters. The first kappa shape index (κ1) is 17.6. The number of hydrogen-bond donors (Lipinski definition) is 0. The zero-order valence-electron chi connectivity index (χ0n) is 12.6. The lowest BCUT2D eigenvalue weighted by Gasteiger charge is -2.38. The van der Waals surface area contributed by atoms with E-state index in [1.54, 1.807) is 38.6 Å². The first-order chi connectivity index (χ1) is 9.75. The van der Waals surface area contributed by atoms with E-state index in [0.717, 1.165) is 0 Å². The van der Waals surface area contributed by atoms with Gasteiger partial charge in [-0.2, -0.15) is 0 Å². The number of carbonyl (C=O) groups is 3. The summed E-state index contributed by atoms with van der Waals surface area (Å²) in [5.41, 5.74) is -0.647. The molecule has 1 fully saturated rings. The van der Waals surface area contributed by atoms with E-state index < -0.39 is 24.1 Å². The van der Waals surface area contributed by atoms with Crippen LogP contribution in [0.1, 0.15) is 27.2 Å². The van der Waals surface area contributed by atoms with Gasteiger partial charge in [-0.05, 0) is 20.8 Å². The lowest BCUT2D eigenvalue weighted by Crippen LogP contribution is -2.53. The van der Waals surface area contributed by atoms with E-state index in [4.69, 9.17) is 9.47 Å². The maximum Gasteiger partial charge on any atom is 0.328 e. The molecule has 0 aromatic heterocycles. The molecule has 1 unspecified atom stereocenters. The van der Waals surface area contributed by atoms with Crippen molar-refractivity contribution in [2.24, 2.45) is 5.41 Å². The van der Waals surface area contributed by atoms with Crippen molar-refractivity contribution in [1.29, 1.82) is 0 Å². The highest BCUT2D eigenvalue weighted by atomic mass is 32.2. The average Bonchev–Trinajstić information content (AvgIpc) is 2.39. The zero-order valence-corrected chi connectivity index (χ0v) is 13.4. The van der Waals surface area contributed by atoms with Crippen molar-refractivity contribution in [2.45, 2.75) is 32.6 Å². The molecular formula is C14H21NO5S. The molecule has 0 N–H and O–H groups in total. The summed E-state index contributed by atoms with van der Waals surface area (Å²) in [5, 5.41) is -0.0137. The van der Waals surface area contributed by atoms with Crippen LogP contribution < -0.4 is 0 Å². The number of thioether (sulfide) groups is 1. The molecule has 1 heterocycles. The van der Waals surface area contributed by atoms with Crippen molar-refractivity contribution in [2.75, 3.05) is 19.1 Å². The highest BCUT2D eigenvalue weighted by Crippen LogP contribution is 2.29. The third-order valence-corrected chi connectivity index (χ3v) is 3.98. The maximum absolute atomic E-state index is 11.6. The topological polar surface area (TPSA) is 72.9 Å². The lowest BCUT2D eigenvalue weighted by atomic mass is 9.98. The van der Waals surface area contributed by atoms with E-state index in [2.05, 4.69) is 6.58 Å². The summed E-state index contributed by atoms with van der Waals surface area (Å²) in [4.78, 5) is 36.0. The summed E-state index contributed by atoms with van der Waals surface area (Å²) in [6.07, 6.45) is 2.17. The molecule has 1 aliphatic heterocycles. The monoisotopic (exact) mass is 315 g/mol. The van der Waals surface area contributed by atoms with Crippen LogP contribution in [0.2, 0.25) is 0 Å². The predicted octanol–water partition coefficient (Wildman–Crippen LogP) is 1.55. The molecule has 1 saturated heterocycles. The van der Waals surface area contributed by atoms with Crippen molar-refractivity contribution < 1.29 is 23.9 Å². The molecule has 1 aliphatic rings. The molecule has 0 bridgehead atoms. The van der Waals surface area contributed by atoms with Crippen LogP contribution in [0.4, 0.5) is 0 Å². The van der Waals surface area contributed by atoms with Crippen LogP contribution in [0.25, 0.3) is 0 Å². The summed E-state index contributed by atoms with van der Waals surface area (Å²) in [5.74, 6) is -0.406. The van der Waals surface area contributed by atoms with E-state index in [1.807, 2.05) is 0 Å². The fraction of sp³-hybridized carbons (Fsp3) is 0.643. The van der Waals surface area contributed by atoms with Gasteiger partial charge < -0.3 is 14.4 Å². The van der Waals surface area contributed by atoms with E-state index >= 15 is 0 Å². The second-order valence-corrected chi connectivity index (χ2v) is 6.83. The quantitative estimate of drug-likeness (QED) is 0.307. The van der Waals surface area contributed by atoms with Crippen LogP contribution >= 0.6 is 11.8 Å². The van der Waals surface area contributed by atoms with Crippen molar-refractivity contribution >= 4 is 29.6 Å². The molecule has 0 aliphatic carbocycles. The van der Waals surface area contributed by atoms with Gasteiger partial charge in [0.25, 0.3) is 0 Å². The summed E-state index contributed by atoms with van der Waals surface area (Å²) in [6.45, 7) is 8.17.